The van der Waals surface area contributed by atoms with Gasteiger partial charge in [0.25, 0.3) is 0 Å². The maximum atomic E-state index is 12.3. The van der Waals surface area contributed by atoms with Crippen LogP contribution in [0.1, 0.15) is 168 Å². The summed E-state index contributed by atoms with van der Waals surface area (Å²) in [6, 6.07) is 0. The molecule has 0 saturated carbocycles. The number of carboxylic acid groups (broad SMARTS) is 1. The fourth-order valence-electron chi connectivity index (χ4n) is 4.51. The van der Waals surface area contributed by atoms with Crippen LogP contribution in [0.25, 0.3) is 0 Å². The summed E-state index contributed by atoms with van der Waals surface area (Å²) in [7, 11) is 0. The van der Waals surface area contributed by atoms with Gasteiger partial charge in [-0.25, -0.2) is 0 Å². The van der Waals surface area contributed by atoms with Crippen molar-refractivity contribution in [2.24, 2.45) is 0 Å². The number of rotatable bonds is 28. The smallest absolute Gasteiger partial charge is 0.306 e. The molecule has 1 atom stereocenters. The van der Waals surface area contributed by atoms with Crippen LogP contribution < -0.4 is 0 Å². The molecule has 1 unspecified atom stereocenters. The number of carboxylic acids is 1. The zero-order chi connectivity index (χ0) is 27.2. The fourth-order valence-corrected chi connectivity index (χ4v) is 4.51. The molecule has 0 aliphatic heterocycles. The van der Waals surface area contributed by atoms with Crippen molar-refractivity contribution in [1.82, 2.24) is 0 Å². The molecule has 0 radical (unpaired) electrons. The average Bonchev–Trinajstić information content (AvgIpc) is 2.87. The topological polar surface area (TPSA) is 63.6 Å². The van der Waals surface area contributed by atoms with Crippen molar-refractivity contribution in [1.29, 1.82) is 0 Å². The third-order valence-corrected chi connectivity index (χ3v) is 6.86. The molecule has 0 aromatic heterocycles. The molecule has 0 heterocycles. The lowest BCUT2D eigenvalue weighted by atomic mass is 10.1. The molecule has 0 aliphatic carbocycles. The molecule has 0 fully saturated rings. The summed E-state index contributed by atoms with van der Waals surface area (Å²) in [5.74, 6) is -0.805. The third kappa shape index (κ3) is 28.8. The van der Waals surface area contributed by atoms with E-state index < -0.39 is 5.97 Å². The van der Waals surface area contributed by atoms with Gasteiger partial charge in [0.1, 0.15) is 6.10 Å². The summed E-state index contributed by atoms with van der Waals surface area (Å²) in [6.07, 6.45) is 35.2. The predicted molar refractivity (Wildman–Crippen MR) is 158 cm³/mol. The lowest BCUT2D eigenvalue weighted by Gasteiger charge is -2.14. The Kier molecular flexibility index (Phi) is 27.7. The van der Waals surface area contributed by atoms with E-state index >= 15 is 0 Å². The highest BCUT2D eigenvalue weighted by molar-refractivity contribution is 5.69. The van der Waals surface area contributed by atoms with Crippen LogP contribution in [-0.2, 0) is 14.3 Å². The van der Waals surface area contributed by atoms with Gasteiger partial charge in [-0.3, -0.25) is 9.59 Å². The standard InChI is InChI=1S/C33H60O4/c1-3-5-7-8-9-10-11-12-13-14-15-16-17-18-19-20-26-30-33(36)37-31(27-23-6-4-2)28-24-21-22-25-29-32(34)35/h12-13,23,27,31H,3-11,14-22,24-26,28-30H2,1-2H3,(H,34,35)/b13-12-,27-23-. The quantitative estimate of drug-likeness (QED) is 0.0633. The number of carbonyl (C=O) groups excluding carboxylic acids is 1. The number of allylic oxidation sites excluding steroid dienone is 3. The lowest BCUT2D eigenvalue weighted by molar-refractivity contribution is -0.147. The Bertz CT molecular complexity index is 567. The summed E-state index contributed by atoms with van der Waals surface area (Å²) in [6.45, 7) is 4.41. The van der Waals surface area contributed by atoms with Gasteiger partial charge in [-0.15, -0.1) is 0 Å². The molecule has 0 amide bonds. The van der Waals surface area contributed by atoms with Crippen molar-refractivity contribution in [3.63, 3.8) is 0 Å². The van der Waals surface area contributed by atoms with E-state index in [9.17, 15) is 9.59 Å². The van der Waals surface area contributed by atoms with Gasteiger partial charge in [0.05, 0.1) is 0 Å². The Hall–Kier alpha value is -1.58. The van der Waals surface area contributed by atoms with Gasteiger partial charge in [0, 0.05) is 12.8 Å². The van der Waals surface area contributed by atoms with Crippen LogP contribution in [0, 0.1) is 0 Å². The minimum Gasteiger partial charge on any atom is -0.481 e. The summed E-state index contributed by atoms with van der Waals surface area (Å²) in [5, 5.41) is 8.72. The number of aliphatic carboxylic acids is 1. The highest BCUT2D eigenvalue weighted by Crippen LogP contribution is 2.15. The minimum atomic E-state index is -0.726. The van der Waals surface area contributed by atoms with Gasteiger partial charge in [-0.1, -0.05) is 116 Å². The van der Waals surface area contributed by atoms with Crippen molar-refractivity contribution in [3.8, 4) is 0 Å². The molecule has 0 aromatic carbocycles. The molecule has 0 bridgehead atoms. The zero-order valence-electron chi connectivity index (χ0n) is 24.5. The summed E-state index contributed by atoms with van der Waals surface area (Å²) in [4.78, 5) is 22.9. The number of hydrogen-bond acceptors (Lipinski definition) is 3. The maximum Gasteiger partial charge on any atom is 0.306 e. The Balaban J connectivity index is 3.72. The van der Waals surface area contributed by atoms with E-state index in [1.165, 1.54) is 83.5 Å². The van der Waals surface area contributed by atoms with Crippen molar-refractivity contribution >= 4 is 11.9 Å². The number of carbonyl (C=O) groups is 2. The van der Waals surface area contributed by atoms with E-state index in [1.54, 1.807) is 0 Å². The number of esters is 1. The van der Waals surface area contributed by atoms with Gasteiger partial charge in [0.2, 0.25) is 0 Å². The Morgan fingerprint density at radius 1 is 0.595 bits per heavy atom. The van der Waals surface area contributed by atoms with E-state index in [4.69, 9.17) is 9.84 Å². The van der Waals surface area contributed by atoms with E-state index in [2.05, 4.69) is 32.1 Å². The molecule has 0 spiro atoms. The summed E-state index contributed by atoms with van der Waals surface area (Å²) in [5.41, 5.74) is 0. The maximum absolute atomic E-state index is 12.3. The Labute approximate surface area is 229 Å². The molecule has 1 N–H and O–H groups in total. The monoisotopic (exact) mass is 520 g/mol. The normalized spacial score (nSPS) is 12.5. The van der Waals surface area contributed by atoms with Crippen LogP contribution in [0.5, 0.6) is 0 Å². The van der Waals surface area contributed by atoms with Crippen LogP contribution in [0.3, 0.4) is 0 Å². The van der Waals surface area contributed by atoms with Gasteiger partial charge in [-0.2, -0.15) is 0 Å². The predicted octanol–water partition coefficient (Wildman–Crippen LogP) is 10.5. The molecule has 4 heteroatoms. The largest absolute Gasteiger partial charge is 0.481 e. The van der Waals surface area contributed by atoms with E-state index in [0.29, 0.717) is 6.42 Å². The first-order chi connectivity index (χ1) is 18.1. The molecule has 0 aliphatic rings. The molecule has 37 heavy (non-hydrogen) atoms. The summed E-state index contributed by atoms with van der Waals surface area (Å²) >= 11 is 0. The van der Waals surface area contributed by atoms with Gasteiger partial charge in [0.15, 0.2) is 0 Å². The second kappa shape index (κ2) is 29.0. The summed E-state index contributed by atoms with van der Waals surface area (Å²) < 4.78 is 5.74. The van der Waals surface area contributed by atoms with E-state index in [0.717, 1.165) is 57.8 Å². The Morgan fingerprint density at radius 3 is 1.68 bits per heavy atom. The van der Waals surface area contributed by atoms with Crippen LogP contribution in [0.15, 0.2) is 24.3 Å². The third-order valence-electron chi connectivity index (χ3n) is 6.86. The van der Waals surface area contributed by atoms with Crippen LogP contribution in [0.4, 0.5) is 0 Å². The molecule has 0 saturated heterocycles. The van der Waals surface area contributed by atoms with E-state index in [1.807, 2.05) is 6.08 Å². The van der Waals surface area contributed by atoms with Crippen molar-refractivity contribution < 1.29 is 19.4 Å². The Morgan fingerprint density at radius 2 is 1.11 bits per heavy atom. The van der Waals surface area contributed by atoms with Crippen LogP contribution in [-0.4, -0.2) is 23.1 Å². The average molecular weight is 521 g/mol. The highest BCUT2D eigenvalue weighted by atomic mass is 16.5. The van der Waals surface area contributed by atoms with Crippen LogP contribution >= 0.6 is 0 Å². The molecule has 0 aromatic rings. The van der Waals surface area contributed by atoms with Crippen LogP contribution in [0.2, 0.25) is 0 Å². The van der Waals surface area contributed by atoms with Gasteiger partial charge in [-0.05, 0) is 63.9 Å². The van der Waals surface area contributed by atoms with Crippen molar-refractivity contribution in [2.75, 3.05) is 0 Å². The SMILES string of the molecule is CCC/C=C\C(CCCCCCC(=O)O)OC(=O)CCCCCCCCC/C=C\CCCCCCCC. The van der Waals surface area contributed by atoms with Crippen molar-refractivity contribution in [3.05, 3.63) is 24.3 Å². The number of ether oxygens (including phenoxy) is 1. The second-order valence-corrected chi connectivity index (χ2v) is 10.6. The second-order valence-electron chi connectivity index (χ2n) is 10.6. The highest BCUT2D eigenvalue weighted by Gasteiger charge is 2.11. The molecular formula is C33H60O4. The molecular weight excluding hydrogens is 460 g/mol. The van der Waals surface area contributed by atoms with E-state index in [-0.39, 0.29) is 18.5 Å². The molecule has 0 rings (SSSR count). The van der Waals surface area contributed by atoms with Gasteiger partial charge < -0.3 is 9.84 Å². The lowest BCUT2D eigenvalue weighted by Crippen LogP contribution is -2.16. The number of hydrogen-bond donors (Lipinski definition) is 1. The first kappa shape index (κ1) is 35.4. The zero-order valence-corrected chi connectivity index (χ0v) is 24.5. The number of unbranched alkanes of at least 4 members (excludes halogenated alkanes) is 17. The molecule has 4 nitrogen and oxygen atoms in total. The minimum absolute atomic E-state index is 0.0789. The molecule has 216 valence electrons. The fraction of sp³-hybridized carbons (Fsp3) is 0.818. The van der Waals surface area contributed by atoms with Gasteiger partial charge >= 0.3 is 11.9 Å². The first-order valence-electron chi connectivity index (χ1n) is 15.8. The van der Waals surface area contributed by atoms with Crippen molar-refractivity contribution in [2.45, 2.75) is 174 Å². The first-order valence-corrected chi connectivity index (χ1v) is 15.8.